The van der Waals surface area contributed by atoms with Gasteiger partial charge in [-0.3, -0.25) is 14.3 Å². The Kier molecular flexibility index (Phi) is 11.0. The molecule has 244 valence electrons. The van der Waals surface area contributed by atoms with Crippen LogP contribution in [0.25, 0.3) is 22.4 Å². The molecule has 0 radical (unpaired) electrons. The fourth-order valence-electron chi connectivity index (χ4n) is 5.52. The van der Waals surface area contributed by atoms with Crippen molar-refractivity contribution in [3.05, 3.63) is 95.9 Å². The maximum Gasteiger partial charge on any atom is 0.305 e. The predicted octanol–water partition coefficient (Wildman–Crippen LogP) is 5.69. The summed E-state index contributed by atoms with van der Waals surface area (Å²) in [6.45, 7) is 4.08. The lowest BCUT2D eigenvalue weighted by Gasteiger charge is -2.20. The highest BCUT2D eigenvalue weighted by atomic mass is 32.2. The molecule has 4 rings (SSSR count). The molecule has 2 atom stereocenters. The van der Waals surface area contributed by atoms with Crippen molar-refractivity contribution in [3.8, 4) is 22.4 Å². The SMILES string of the molecule is CC(C)c1c(C(=O)Nc2ccc(NS(C)(=O)=O)cc2)c(-c2ccccc2)c(-c2ccc(F)cc2)n1CCC(O)C[C@@H](O)CC(=O)O. The molecule has 10 nitrogen and oxygen atoms in total. The largest absolute Gasteiger partial charge is 0.481 e. The van der Waals surface area contributed by atoms with E-state index in [0.717, 1.165) is 11.8 Å². The van der Waals surface area contributed by atoms with Crippen LogP contribution in [0.4, 0.5) is 15.8 Å². The van der Waals surface area contributed by atoms with E-state index in [1.54, 1.807) is 24.3 Å². The second kappa shape index (κ2) is 14.7. The van der Waals surface area contributed by atoms with Crippen molar-refractivity contribution in [2.24, 2.45) is 0 Å². The number of amides is 1. The Morgan fingerprint density at radius 3 is 2.04 bits per heavy atom. The molecule has 12 heteroatoms. The number of aliphatic hydroxyl groups is 2. The van der Waals surface area contributed by atoms with Gasteiger partial charge in [0.25, 0.3) is 5.91 Å². The van der Waals surface area contributed by atoms with Gasteiger partial charge in [0.1, 0.15) is 5.82 Å². The van der Waals surface area contributed by atoms with E-state index in [4.69, 9.17) is 5.11 Å². The smallest absolute Gasteiger partial charge is 0.305 e. The number of halogens is 1. The first-order valence-corrected chi connectivity index (χ1v) is 16.7. The number of rotatable bonds is 14. The number of carboxylic acid groups (broad SMARTS) is 1. The molecule has 0 spiro atoms. The van der Waals surface area contributed by atoms with Crippen molar-refractivity contribution in [1.82, 2.24) is 4.57 Å². The summed E-state index contributed by atoms with van der Waals surface area (Å²) >= 11 is 0. The summed E-state index contributed by atoms with van der Waals surface area (Å²) in [5.74, 6) is -2.23. The number of sulfonamides is 1. The Bertz CT molecular complexity index is 1770. The molecule has 1 heterocycles. The van der Waals surface area contributed by atoms with Gasteiger partial charge in [-0.05, 0) is 78.4 Å². The standard InChI is InChI=1S/C34H38FN3O7S/c1-21(2)32-31(34(43)36-25-13-15-26(16-14-25)37-46(3,44)45)30(22-7-5-4-6-8-22)33(23-9-11-24(35)12-10-23)38(32)18-17-27(39)19-28(40)20-29(41)42/h4-16,21,27-28,37,39-40H,17-20H2,1-3H3,(H,36,43)(H,41,42)/t27?,28-/m1/s1. The number of hydrogen-bond acceptors (Lipinski definition) is 6. The first-order valence-electron chi connectivity index (χ1n) is 14.8. The minimum Gasteiger partial charge on any atom is -0.481 e. The molecule has 0 aliphatic rings. The van der Waals surface area contributed by atoms with E-state index in [9.17, 15) is 32.6 Å². The van der Waals surface area contributed by atoms with Crippen molar-refractivity contribution in [2.45, 2.75) is 57.8 Å². The molecular weight excluding hydrogens is 613 g/mol. The molecule has 4 aromatic rings. The summed E-state index contributed by atoms with van der Waals surface area (Å²) in [6.07, 6.45) is -1.70. The number of carbonyl (C=O) groups excluding carboxylic acids is 1. The molecule has 0 bridgehead atoms. The van der Waals surface area contributed by atoms with E-state index in [1.807, 2.05) is 48.7 Å². The summed E-state index contributed by atoms with van der Waals surface area (Å²) in [4.78, 5) is 25.3. The molecule has 46 heavy (non-hydrogen) atoms. The van der Waals surface area contributed by atoms with E-state index < -0.39 is 46.3 Å². The zero-order chi connectivity index (χ0) is 33.6. The number of aliphatic hydroxyl groups excluding tert-OH is 2. The molecule has 3 aromatic carbocycles. The third-order valence-electron chi connectivity index (χ3n) is 7.34. The van der Waals surface area contributed by atoms with Crippen molar-refractivity contribution >= 4 is 33.3 Å². The van der Waals surface area contributed by atoms with Crippen LogP contribution in [0, 0.1) is 5.82 Å². The Morgan fingerprint density at radius 2 is 1.48 bits per heavy atom. The van der Waals surface area contributed by atoms with Crippen LogP contribution in [0.2, 0.25) is 0 Å². The van der Waals surface area contributed by atoms with Gasteiger partial charge in [-0.25, -0.2) is 12.8 Å². The zero-order valence-corrected chi connectivity index (χ0v) is 26.6. The summed E-state index contributed by atoms with van der Waals surface area (Å²) in [7, 11) is -3.48. The number of carboxylic acids is 1. The fraction of sp³-hybridized carbons (Fsp3) is 0.294. The number of benzene rings is 3. The van der Waals surface area contributed by atoms with Crippen LogP contribution in [-0.2, 0) is 21.4 Å². The average Bonchev–Trinajstić information content (AvgIpc) is 3.32. The topological polar surface area (TPSA) is 158 Å². The maximum atomic E-state index is 14.3. The highest BCUT2D eigenvalue weighted by Gasteiger charge is 2.31. The van der Waals surface area contributed by atoms with Gasteiger partial charge < -0.3 is 25.2 Å². The van der Waals surface area contributed by atoms with Crippen molar-refractivity contribution in [2.75, 3.05) is 16.3 Å². The highest BCUT2D eigenvalue weighted by Crippen LogP contribution is 2.42. The first kappa shape index (κ1) is 34.4. The number of nitrogens with one attached hydrogen (secondary N) is 2. The number of aliphatic carboxylic acids is 1. The average molecular weight is 652 g/mol. The number of nitrogens with zero attached hydrogens (tertiary/aromatic N) is 1. The maximum absolute atomic E-state index is 14.3. The summed E-state index contributed by atoms with van der Waals surface area (Å²) in [5, 5.41) is 32.8. The van der Waals surface area contributed by atoms with Gasteiger partial charge in [-0.15, -0.1) is 0 Å². The van der Waals surface area contributed by atoms with E-state index in [1.165, 1.54) is 24.3 Å². The van der Waals surface area contributed by atoms with Crippen LogP contribution in [0.1, 0.15) is 55.1 Å². The van der Waals surface area contributed by atoms with Gasteiger partial charge >= 0.3 is 5.97 Å². The Morgan fingerprint density at radius 1 is 0.870 bits per heavy atom. The van der Waals surface area contributed by atoms with Gasteiger partial charge in [0.05, 0.1) is 36.1 Å². The third-order valence-corrected chi connectivity index (χ3v) is 7.95. The van der Waals surface area contributed by atoms with E-state index in [-0.39, 0.29) is 25.3 Å². The van der Waals surface area contributed by atoms with Gasteiger partial charge in [-0.1, -0.05) is 44.2 Å². The van der Waals surface area contributed by atoms with Gasteiger partial charge in [0.2, 0.25) is 10.0 Å². The van der Waals surface area contributed by atoms with E-state index in [0.29, 0.717) is 39.5 Å². The summed E-state index contributed by atoms with van der Waals surface area (Å²) in [5.41, 5.74) is 4.40. The lowest BCUT2D eigenvalue weighted by atomic mass is 9.94. The van der Waals surface area contributed by atoms with Crippen molar-refractivity contribution in [1.29, 1.82) is 0 Å². The number of anilines is 2. The molecular formula is C34H38FN3O7S. The van der Waals surface area contributed by atoms with Crippen LogP contribution in [0.3, 0.4) is 0 Å². The molecule has 5 N–H and O–H groups in total. The van der Waals surface area contributed by atoms with Crippen LogP contribution in [-0.4, -0.2) is 58.6 Å². The van der Waals surface area contributed by atoms with Gasteiger partial charge in [0, 0.05) is 29.2 Å². The second-order valence-corrected chi connectivity index (χ2v) is 13.2. The van der Waals surface area contributed by atoms with E-state index in [2.05, 4.69) is 10.0 Å². The lowest BCUT2D eigenvalue weighted by Crippen LogP contribution is -2.22. The van der Waals surface area contributed by atoms with Crippen molar-refractivity contribution in [3.63, 3.8) is 0 Å². The molecule has 0 fully saturated rings. The van der Waals surface area contributed by atoms with Crippen LogP contribution < -0.4 is 10.0 Å². The Labute approximate surface area is 267 Å². The molecule has 0 aliphatic carbocycles. The number of hydrogen-bond donors (Lipinski definition) is 5. The zero-order valence-electron chi connectivity index (χ0n) is 25.8. The first-order chi connectivity index (χ1) is 21.7. The van der Waals surface area contributed by atoms with Crippen LogP contribution >= 0.6 is 0 Å². The third kappa shape index (κ3) is 8.81. The van der Waals surface area contributed by atoms with Crippen LogP contribution in [0.15, 0.2) is 78.9 Å². The molecule has 0 saturated heterocycles. The molecule has 1 unspecified atom stereocenters. The van der Waals surface area contributed by atoms with Crippen molar-refractivity contribution < 1.29 is 37.7 Å². The van der Waals surface area contributed by atoms with E-state index >= 15 is 0 Å². The minimum absolute atomic E-state index is 0.139. The molecule has 1 amide bonds. The predicted molar refractivity (Wildman–Crippen MR) is 176 cm³/mol. The number of carbonyl (C=O) groups is 2. The second-order valence-electron chi connectivity index (χ2n) is 11.5. The molecule has 0 saturated carbocycles. The normalized spacial score (nSPS) is 12.9. The van der Waals surface area contributed by atoms with Gasteiger partial charge in [0.15, 0.2) is 0 Å². The Hall–Kier alpha value is -4.52. The summed E-state index contributed by atoms with van der Waals surface area (Å²) < 4.78 is 41.7. The summed E-state index contributed by atoms with van der Waals surface area (Å²) in [6, 6.07) is 21.4. The molecule has 0 aliphatic heterocycles. The van der Waals surface area contributed by atoms with Crippen LogP contribution in [0.5, 0.6) is 0 Å². The quantitative estimate of drug-likeness (QED) is 0.117. The number of aromatic nitrogens is 1. The van der Waals surface area contributed by atoms with Gasteiger partial charge in [-0.2, -0.15) is 0 Å². The fourth-order valence-corrected chi connectivity index (χ4v) is 6.08. The monoisotopic (exact) mass is 651 g/mol. The Balaban J connectivity index is 1.85. The highest BCUT2D eigenvalue weighted by molar-refractivity contribution is 7.92. The minimum atomic E-state index is -3.48. The lowest BCUT2D eigenvalue weighted by molar-refractivity contribution is -0.139. The molecule has 1 aromatic heterocycles.